The van der Waals surface area contributed by atoms with Crippen molar-refractivity contribution in [3.8, 4) is 0 Å². The molecule has 1 aromatic heterocycles. The standard InChI is InChI=1S/C22H28F2N6O5S/c1-3-10-30(36(33,34)18-4-6-25-7-5-18)28-9-8-26-21-19(23)11-16(12-20(21)24)29-14-17(35-22(29)32)13-27-15(2)31/h4-7,11-12,17,26,28H,3,8-10,13-14H2,1-2H3,(H,27,31)/t17-/m0/s1. The van der Waals surface area contributed by atoms with E-state index >= 15 is 0 Å². The fourth-order valence-corrected chi connectivity index (χ4v) is 4.88. The van der Waals surface area contributed by atoms with Gasteiger partial charge in [-0.25, -0.2) is 27.4 Å². The maximum Gasteiger partial charge on any atom is 0.414 e. The number of cyclic esters (lactones) is 1. The summed E-state index contributed by atoms with van der Waals surface area (Å²) in [6.07, 6.45) is 1.86. The minimum absolute atomic E-state index is 0.00378. The van der Waals surface area contributed by atoms with Crippen LogP contribution in [-0.2, 0) is 19.6 Å². The molecule has 1 aliphatic rings. The van der Waals surface area contributed by atoms with Gasteiger partial charge in [0.05, 0.1) is 23.7 Å². The fraction of sp³-hybridized carbons (Fsp3) is 0.409. The first-order valence-corrected chi connectivity index (χ1v) is 12.7. The summed E-state index contributed by atoms with van der Waals surface area (Å²) in [6, 6.07) is 4.75. The van der Waals surface area contributed by atoms with Crippen LogP contribution in [0.1, 0.15) is 20.3 Å². The van der Waals surface area contributed by atoms with Crippen LogP contribution in [0, 0.1) is 11.6 Å². The van der Waals surface area contributed by atoms with Gasteiger partial charge in [0.1, 0.15) is 11.8 Å². The second-order valence-electron chi connectivity index (χ2n) is 7.93. The van der Waals surface area contributed by atoms with Crippen molar-refractivity contribution < 1.29 is 31.5 Å². The predicted molar refractivity (Wildman–Crippen MR) is 128 cm³/mol. The molecule has 3 rings (SSSR count). The molecular formula is C22H28F2N6O5S. The van der Waals surface area contributed by atoms with Crippen molar-refractivity contribution in [2.75, 3.05) is 42.9 Å². The number of benzene rings is 1. The lowest BCUT2D eigenvalue weighted by Gasteiger charge is -2.23. The third-order valence-corrected chi connectivity index (χ3v) is 6.93. The number of rotatable bonds is 12. The molecule has 1 aliphatic heterocycles. The predicted octanol–water partition coefficient (Wildman–Crippen LogP) is 1.84. The minimum Gasteiger partial charge on any atom is -0.442 e. The molecule has 2 amide bonds. The van der Waals surface area contributed by atoms with Crippen LogP contribution in [0.25, 0.3) is 0 Å². The van der Waals surface area contributed by atoms with Gasteiger partial charge in [0, 0.05) is 51.1 Å². The van der Waals surface area contributed by atoms with Crippen molar-refractivity contribution in [3.05, 3.63) is 48.3 Å². The summed E-state index contributed by atoms with van der Waals surface area (Å²) in [5, 5.41) is 5.14. The molecule has 196 valence electrons. The Morgan fingerprint density at radius 1 is 1.22 bits per heavy atom. The highest BCUT2D eigenvalue weighted by Crippen LogP contribution is 2.28. The Balaban J connectivity index is 1.60. The zero-order chi connectivity index (χ0) is 26.3. The molecular weight excluding hydrogens is 498 g/mol. The van der Waals surface area contributed by atoms with E-state index in [1.165, 1.54) is 31.5 Å². The van der Waals surface area contributed by atoms with Crippen molar-refractivity contribution >= 4 is 33.4 Å². The van der Waals surface area contributed by atoms with E-state index in [0.29, 0.717) is 6.42 Å². The minimum atomic E-state index is -3.82. The van der Waals surface area contributed by atoms with Gasteiger partial charge in [-0.05, 0) is 18.6 Å². The maximum absolute atomic E-state index is 14.7. The molecule has 0 saturated carbocycles. The molecule has 1 fully saturated rings. The van der Waals surface area contributed by atoms with E-state index in [1.54, 1.807) is 0 Å². The van der Waals surface area contributed by atoms with Crippen LogP contribution in [0.5, 0.6) is 0 Å². The monoisotopic (exact) mass is 526 g/mol. The number of pyridine rings is 1. The molecule has 0 unspecified atom stereocenters. The summed E-state index contributed by atoms with van der Waals surface area (Å²) in [5.74, 6) is -2.16. The van der Waals surface area contributed by atoms with Gasteiger partial charge in [-0.2, -0.15) is 0 Å². The Hall–Kier alpha value is -3.36. The van der Waals surface area contributed by atoms with Crippen molar-refractivity contribution in [2.45, 2.75) is 31.3 Å². The quantitative estimate of drug-likeness (QED) is 0.282. The van der Waals surface area contributed by atoms with Crippen LogP contribution in [0.2, 0.25) is 0 Å². The molecule has 0 bridgehead atoms. The van der Waals surface area contributed by atoms with E-state index in [9.17, 15) is 26.8 Å². The molecule has 0 radical (unpaired) electrons. The number of hydrogen-bond acceptors (Lipinski definition) is 8. The highest BCUT2D eigenvalue weighted by atomic mass is 32.2. The number of hydrogen-bond donors (Lipinski definition) is 3. The summed E-state index contributed by atoms with van der Waals surface area (Å²) in [6.45, 7) is 3.49. The summed E-state index contributed by atoms with van der Waals surface area (Å²) in [7, 11) is -3.82. The van der Waals surface area contributed by atoms with Gasteiger partial charge in [-0.1, -0.05) is 6.92 Å². The number of nitrogens with one attached hydrogen (secondary N) is 3. The Kier molecular flexibility index (Phi) is 9.12. The summed E-state index contributed by atoms with van der Waals surface area (Å²) in [5.41, 5.74) is 2.33. The van der Waals surface area contributed by atoms with Crippen LogP contribution < -0.4 is 21.0 Å². The van der Waals surface area contributed by atoms with Gasteiger partial charge >= 0.3 is 6.09 Å². The van der Waals surface area contributed by atoms with E-state index in [-0.39, 0.29) is 49.2 Å². The molecule has 1 saturated heterocycles. The molecule has 0 aliphatic carbocycles. The van der Waals surface area contributed by atoms with Gasteiger partial charge < -0.3 is 15.4 Å². The molecule has 2 aromatic rings. The van der Waals surface area contributed by atoms with Crippen molar-refractivity contribution in [1.82, 2.24) is 20.1 Å². The number of carbonyl (C=O) groups excluding carboxylic acids is 2. The number of halogens is 2. The van der Waals surface area contributed by atoms with Crippen LogP contribution in [0.4, 0.5) is 25.0 Å². The zero-order valence-corrected chi connectivity index (χ0v) is 20.6. The van der Waals surface area contributed by atoms with Crippen LogP contribution in [0.3, 0.4) is 0 Å². The first-order chi connectivity index (χ1) is 17.1. The van der Waals surface area contributed by atoms with Gasteiger partial charge in [0.15, 0.2) is 11.6 Å². The molecule has 14 heteroatoms. The SMILES string of the molecule is CCCN(NCCNc1c(F)cc(N2C[C@H](CNC(C)=O)OC2=O)cc1F)S(=O)(=O)c1ccncc1. The second kappa shape index (κ2) is 12.1. The number of carbonyl (C=O) groups is 2. The number of sulfonamides is 1. The number of hydrazine groups is 1. The normalized spacial score (nSPS) is 15.8. The molecule has 2 heterocycles. The van der Waals surface area contributed by atoms with Crippen LogP contribution >= 0.6 is 0 Å². The summed E-state index contributed by atoms with van der Waals surface area (Å²) < 4.78 is 61.2. The molecule has 11 nitrogen and oxygen atoms in total. The van der Waals surface area contributed by atoms with E-state index in [2.05, 4.69) is 21.0 Å². The lowest BCUT2D eigenvalue weighted by atomic mass is 10.2. The lowest BCUT2D eigenvalue weighted by Crippen LogP contribution is -2.45. The van der Waals surface area contributed by atoms with Crippen molar-refractivity contribution in [1.29, 1.82) is 0 Å². The number of amides is 2. The Bertz CT molecular complexity index is 1160. The third-order valence-electron chi connectivity index (χ3n) is 5.17. The second-order valence-corrected chi connectivity index (χ2v) is 9.80. The number of nitrogens with zero attached hydrogens (tertiary/aromatic N) is 3. The molecule has 1 aromatic carbocycles. The zero-order valence-electron chi connectivity index (χ0n) is 19.8. The summed E-state index contributed by atoms with van der Waals surface area (Å²) in [4.78, 5) is 28.1. The average Bonchev–Trinajstić information content (AvgIpc) is 3.22. The lowest BCUT2D eigenvalue weighted by molar-refractivity contribution is -0.119. The van der Waals surface area contributed by atoms with Gasteiger partial charge in [0.2, 0.25) is 5.91 Å². The Morgan fingerprint density at radius 2 is 1.89 bits per heavy atom. The smallest absolute Gasteiger partial charge is 0.414 e. The van der Waals surface area contributed by atoms with Crippen molar-refractivity contribution in [3.63, 3.8) is 0 Å². The number of ether oxygens (including phenoxy) is 1. The van der Waals surface area contributed by atoms with Gasteiger partial charge in [0.25, 0.3) is 10.0 Å². The number of anilines is 2. The first kappa shape index (κ1) is 27.2. The maximum atomic E-state index is 14.7. The number of aromatic nitrogens is 1. The highest BCUT2D eigenvalue weighted by Gasteiger charge is 2.33. The largest absolute Gasteiger partial charge is 0.442 e. The highest BCUT2D eigenvalue weighted by molar-refractivity contribution is 7.89. The molecule has 0 spiro atoms. The summed E-state index contributed by atoms with van der Waals surface area (Å²) >= 11 is 0. The van der Waals surface area contributed by atoms with E-state index < -0.39 is 39.5 Å². The average molecular weight is 527 g/mol. The first-order valence-electron chi connectivity index (χ1n) is 11.2. The molecule has 1 atom stereocenters. The van der Waals surface area contributed by atoms with Gasteiger partial charge in [-0.3, -0.25) is 14.7 Å². The Morgan fingerprint density at radius 3 is 2.50 bits per heavy atom. The van der Waals surface area contributed by atoms with E-state index in [0.717, 1.165) is 21.4 Å². The molecule has 3 N–H and O–H groups in total. The topological polar surface area (TPSA) is 133 Å². The van der Waals surface area contributed by atoms with Crippen LogP contribution in [-0.4, -0.2) is 68.6 Å². The van der Waals surface area contributed by atoms with Gasteiger partial charge in [-0.15, -0.1) is 4.41 Å². The molecule has 36 heavy (non-hydrogen) atoms. The Labute approximate surface area is 207 Å². The van der Waals surface area contributed by atoms with Crippen LogP contribution in [0.15, 0.2) is 41.6 Å². The van der Waals surface area contributed by atoms with E-state index in [1.807, 2.05) is 6.92 Å². The third kappa shape index (κ3) is 6.65. The van der Waals surface area contributed by atoms with E-state index in [4.69, 9.17) is 4.74 Å². The van der Waals surface area contributed by atoms with Crippen molar-refractivity contribution in [2.24, 2.45) is 0 Å². The fourth-order valence-electron chi connectivity index (χ4n) is 3.47.